The number of nitrogens with one attached hydrogen (secondary N) is 1. The summed E-state index contributed by atoms with van der Waals surface area (Å²) in [5.74, 6) is 0.606. The van der Waals surface area contributed by atoms with Crippen molar-refractivity contribution >= 4 is 5.69 Å². The smallest absolute Gasteiger partial charge is 0.237 e. The van der Waals surface area contributed by atoms with Gasteiger partial charge in [0.2, 0.25) is 5.88 Å². The van der Waals surface area contributed by atoms with E-state index >= 15 is 0 Å². The lowest BCUT2D eigenvalue weighted by Crippen LogP contribution is -2.03. The third kappa shape index (κ3) is 2.72. The number of pyridine rings is 2. The van der Waals surface area contributed by atoms with Crippen molar-refractivity contribution in [2.75, 3.05) is 12.4 Å². The first-order valence-electron chi connectivity index (χ1n) is 5.43. The molecule has 0 radical (unpaired) electrons. The molecule has 0 atom stereocenters. The largest absolute Gasteiger partial charge is 0.480 e. The lowest BCUT2D eigenvalue weighted by Gasteiger charge is -2.10. The second kappa shape index (κ2) is 5.30. The second-order valence-electron chi connectivity index (χ2n) is 3.72. The Balaban J connectivity index is 2.10. The number of aromatic nitrogens is 2. The highest BCUT2D eigenvalue weighted by atomic mass is 16.5. The minimum Gasteiger partial charge on any atom is -0.480 e. The summed E-state index contributed by atoms with van der Waals surface area (Å²) in [7, 11) is 1.61. The molecule has 0 fully saturated rings. The van der Waals surface area contributed by atoms with Gasteiger partial charge in [0.25, 0.3) is 0 Å². The topological polar surface area (TPSA) is 47.0 Å². The summed E-state index contributed by atoms with van der Waals surface area (Å²) >= 11 is 0. The van der Waals surface area contributed by atoms with Crippen molar-refractivity contribution in [3.8, 4) is 5.88 Å². The number of nitrogens with zero attached hydrogens (tertiary/aromatic N) is 2. The first-order valence-corrected chi connectivity index (χ1v) is 5.43. The molecule has 0 unspecified atom stereocenters. The van der Waals surface area contributed by atoms with Crippen molar-refractivity contribution in [1.29, 1.82) is 0 Å². The zero-order valence-corrected chi connectivity index (χ0v) is 9.97. The number of aryl methyl sites for hydroxylation is 1. The molecule has 2 heterocycles. The molecule has 0 aromatic carbocycles. The number of methoxy groups -OCH3 is 1. The quantitative estimate of drug-likeness (QED) is 0.874. The Kier molecular flexibility index (Phi) is 3.55. The van der Waals surface area contributed by atoms with E-state index in [0.29, 0.717) is 12.4 Å². The molecular weight excluding hydrogens is 214 g/mol. The molecule has 4 heteroatoms. The Labute approximate surface area is 101 Å². The van der Waals surface area contributed by atoms with Crippen LogP contribution in [0.15, 0.2) is 36.8 Å². The molecule has 4 nitrogen and oxygen atoms in total. The van der Waals surface area contributed by atoms with Gasteiger partial charge in [-0.05, 0) is 36.2 Å². The van der Waals surface area contributed by atoms with Crippen molar-refractivity contribution in [3.05, 3.63) is 47.9 Å². The molecule has 2 aromatic heterocycles. The fraction of sp³-hybridized carbons (Fsp3) is 0.231. The molecule has 17 heavy (non-hydrogen) atoms. The first-order chi connectivity index (χ1) is 8.31. The summed E-state index contributed by atoms with van der Waals surface area (Å²) < 4.78 is 5.17. The summed E-state index contributed by atoms with van der Waals surface area (Å²) in [5, 5.41) is 3.29. The zero-order chi connectivity index (χ0) is 12.1. The van der Waals surface area contributed by atoms with E-state index in [2.05, 4.69) is 22.2 Å². The number of rotatable bonds is 4. The molecule has 0 spiro atoms. The Morgan fingerprint density at radius 1 is 1.29 bits per heavy atom. The second-order valence-corrected chi connectivity index (χ2v) is 3.72. The average molecular weight is 229 g/mol. The van der Waals surface area contributed by atoms with Gasteiger partial charge in [-0.3, -0.25) is 4.98 Å². The summed E-state index contributed by atoms with van der Waals surface area (Å²) in [5.41, 5.74) is 3.27. The summed E-state index contributed by atoms with van der Waals surface area (Å²) in [6.07, 6.45) is 5.37. The lowest BCUT2D eigenvalue weighted by molar-refractivity contribution is 0.399. The van der Waals surface area contributed by atoms with E-state index < -0.39 is 0 Å². The van der Waals surface area contributed by atoms with Crippen molar-refractivity contribution < 1.29 is 4.74 Å². The molecule has 1 N–H and O–H groups in total. The van der Waals surface area contributed by atoms with Crippen LogP contribution in [0.5, 0.6) is 5.88 Å². The van der Waals surface area contributed by atoms with Crippen LogP contribution < -0.4 is 10.1 Å². The standard InChI is InChI=1S/C13H15N3O/c1-10-5-7-14-8-11(10)9-16-12-4-3-6-15-13(12)17-2/h3-8,16H,9H2,1-2H3. The molecule has 0 aliphatic carbocycles. The van der Waals surface area contributed by atoms with Crippen LogP contribution in [0, 0.1) is 6.92 Å². The number of hydrogen-bond donors (Lipinski definition) is 1. The molecule has 2 rings (SSSR count). The van der Waals surface area contributed by atoms with Crippen molar-refractivity contribution in [1.82, 2.24) is 9.97 Å². The van der Waals surface area contributed by atoms with Gasteiger partial charge < -0.3 is 10.1 Å². The van der Waals surface area contributed by atoms with Crippen LogP contribution in [0.3, 0.4) is 0 Å². The number of ether oxygens (including phenoxy) is 1. The maximum absolute atomic E-state index is 5.17. The van der Waals surface area contributed by atoms with Crippen LogP contribution in [0.1, 0.15) is 11.1 Å². The molecule has 88 valence electrons. The summed E-state index contributed by atoms with van der Waals surface area (Å²) in [6.45, 7) is 2.78. The monoisotopic (exact) mass is 229 g/mol. The molecule has 0 saturated heterocycles. The minimum atomic E-state index is 0.606. The van der Waals surface area contributed by atoms with Gasteiger partial charge in [-0.15, -0.1) is 0 Å². The highest BCUT2D eigenvalue weighted by molar-refractivity contribution is 5.52. The normalized spacial score (nSPS) is 10.0. The Morgan fingerprint density at radius 2 is 2.18 bits per heavy atom. The fourth-order valence-electron chi connectivity index (χ4n) is 1.56. The average Bonchev–Trinajstić information content (AvgIpc) is 2.38. The zero-order valence-electron chi connectivity index (χ0n) is 9.97. The highest BCUT2D eigenvalue weighted by Crippen LogP contribution is 2.20. The van der Waals surface area contributed by atoms with Crippen LogP contribution in [-0.2, 0) is 6.54 Å². The van der Waals surface area contributed by atoms with Crippen molar-refractivity contribution in [2.24, 2.45) is 0 Å². The van der Waals surface area contributed by atoms with Gasteiger partial charge in [0.05, 0.1) is 12.8 Å². The number of hydrogen-bond acceptors (Lipinski definition) is 4. The maximum Gasteiger partial charge on any atom is 0.237 e. The van der Waals surface area contributed by atoms with Crippen molar-refractivity contribution in [3.63, 3.8) is 0 Å². The molecule has 2 aromatic rings. The van der Waals surface area contributed by atoms with E-state index in [0.717, 1.165) is 5.69 Å². The van der Waals surface area contributed by atoms with E-state index in [1.54, 1.807) is 19.5 Å². The lowest BCUT2D eigenvalue weighted by atomic mass is 10.1. The molecule has 0 aliphatic heterocycles. The Morgan fingerprint density at radius 3 is 2.94 bits per heavy atom. The van der Waals surface area contributed by atoms with E-state index in [-0.39, 0.29) is 0 Å². The van der Waals surface area contributed by atoms with Gasteiger partial charge in [0.15, 0.2) is 0 Å². The third-order valence-corrected chi connectivity index (χ3v) is 2.58. The minimum absolute atomic E-state index is 0.606. The van der Waals surface area contributed by atoms with Crippen LogP contribution in [0.4, 0.5) is 5.69 Å². The molecule has 0 amide bonds. The van der Waals surface area contributed by atoms with Crippen LogP contribution >= 0.6 is 0 Å². The highest BCUT2D eigenvalue weighted by Gasteiger charge is 2.03. The summed E-state index contributed by atoms with van der Waals surface area (Å²) in [4.78, 5) is 8.25. The van der Waals surface area contributed by atoms with Crippen molar-refractivity contribution in [2.45, 2.75) is 13.5 Å². The van der Waals surface area contributed by atoms with Crippen LogP contribution in [0.25, 0.3) is 0 Å². The maximum atomic E-state index is 5.17. The third-order valence-electron chi connectivity index (χ3n) is 2.58. The number of anilines is 1. The van der Waals surface area contributed by atoms with Gasteiger partial charge in [-0.1, -0.05) is 0 Å². The van der Waals surface area contributed by atoms with E-state index in [1.165, 1.54) is 11.1 Å². The van der Waals surface area contributed by atoms with Crippen LogP contribution in [0.2, 0.25) is 0 Å². The fourth-order valence-corrected chi connectivity index (χ4v) is 1.56. The van der Waals surface area contributed by atoms with Gasteiger partial charge in [0, 0.05) is 25.1 Å². The predicted octanol–water partition coefficient (Wildman–Crippen LogP) is 2.41. The summed E-state index contributed by atoms with van der Waals surface area (Å²) in [6, 6.07) is 5.82. The van der Waals surface area contributed by atoms with Gasteiger partial charge in [0.1, 0.15) is 0 Å². The van der Waals surface area contributed by atoms with Gasteiger partial charge >= 0.3 is 0 Å². The molecule has 0 saturated carbocycles. The SMILES string of the molecule is COc1ncccc1NCc1cnccc1C. The first kappa shape index (κ1) is 11.4. The molecule has 0 aliphatic rings. The predicted molar refractivity (Wildman–Crippen MR) is 67.1 cm³/mol. The Hall–Kier alpha value is -2.10. The molecule has 0 bridgehead atoms. The van der Waals surface area contributed by atoms with E-state index in [9.17, 15) is 0 Å². The van der Waals surface area contributed by atoms with Gasteiger partial charge in [-0.25, -0.2) is 4.98 Å². The van der Waals surface area contributed by atoms with E-state index in [4.69, 9.17) is 4.74 Å². The van der Waals surface area contributed by atoms with Crippen LogP contribution in [-0.4, -0.2) is 17.1 Å². The Bertz CT molecular complexity index is 500. The van der Waals surface area contributed by atoms with E-state index in [1.807, 2.05) is 24.4 Å². The van der Waals surface area contributed by atoms with Gasteiger partial charge in [-0.2, -0.15) is 0 Å². The molecular formula is C13H15N3O.